The van der Waals surface area contributed by atoms with Crippen LogP contribution in [-0.4, -0.2) is 36.0 Å². The average molecular weight is 289 g/mol. The molecule has 1 aliphatic rings. The molecule has 0 aliphatic carbocycles. The Kier molecular flexibility index (Phi) is 5.20. The molecule has 0 fully saturated rings. The predicted octanol–water partition coefficient (Wildman–Crippen LogP) is 1.45. The number of hydrogen-bond acceptors (Lipinski definition) is 2. The van der Waals surface area contributed by atoms with Gasteiger partial charge in [0, 0.05) is 13.1 Å². The third-order valence-corrected chi connectivity index (χ3v) is 3.92. The second-order valence-corrected chi connectivity index (χ2v) is 5.44. The highest BCUT2D eigenvalue weighted by Gasteiger charge is 2.26. The summed E-state index contributed by atoms with van der Waals surface area (Å²) in [7, 11) is 0. The summed E-state index contributed by atoms with van der Waals surface area (Å²) in [6.07, 6.45) is 3.16. The molecule has 21 heavy (non-hydrogen) atoms. The van der Waals surface area contributed by atoms with Crippen LogP contribution in [0.5, 0.6) is 0 Å². The maximum Gasteiger partial charge on any atom is 0.312 e. The van der Waals surface area contributed by atoms with Crippen molar-refractivity contribution in [3.63, 3.8) is 0 Å². The van der Waals surface area contributed by atoms with Crippen molar-refractivity contribution >= 4 is 11.9 Å². The first-order chi connectivity index (χ1) is 10.1. The van der Waals surface area contributed by atoms with E-state index in [2.05, 4.69) is 17.4 Å². The zero-order valence-corrected chi connectivity index (χ0v) is 12.5. The van der Waals surface area contributed by atoms with Crippen LogP contribution in [-0.2, 0) is 17.6 Å². The molecule has 0 aromatic heterocycles. The number of amides is 3. The normalized spacial score (nSPS) is 15.8. The lowest BCUT2D eigenvalue weighted by Gasteiger charge is -2.26. The summed E-state index contributed by atoms with van der Waals surface area (Å²) in [5.41, 5.74) is 7.79. The summed E-state index contributed by atoms with van der Waals surface area (Å²) in [6, 6.07) is 7.16. The number of hydrogen-bond donors (Lipinski definition) is 2. The Labute approximate surface area is 125 Å². The number of nitrogens with zero attached hydrogens (tertiary/aromatic N) is 1. The first-order valence-corrected chi connectivity index (χ1v) is 7.53. The number of benzene rings is 1. The van der Waals surface area contributed by atoms with Crippen LogP contribution < -0.4 is 11.1 Å². The van der Waals surface area contributed by atoms with Gasteiger partial charge in [0.15, 0.2) is 0 Å². The van der Waals surface area contributed by atoms with Crippen molar-refractivity contribution in [2.45, 2.75) is 38.6 Å². The van der Waals surface area contributed by atoms with Gasteiger partial charge < -0.3 is 16.0 Å². The molecule has 1 aromatic carbocycles. The fourth-order valence-electron chi connectivity index (χ4n) is 2.83. The average Bonchev–Trinajstić information content (AvgIpc) is 2.68. The zero-order valence-electron chi connectivity index (χ0n) is 12.5. The number of nitrogens with one attached hydrogen (secondary N) is 1. The number of nitrogens with two attached hydrogens (primary N) is 1. The molecule has 5 heteroatoms. The zero-order chi connectivity index (χ0) is 15.2. The van der Waals surface area contributed by atoms with E-state index in [0.29, 0.717) is 19.5 Å². The maximum absolute atomic E-state index is 12.6. The quantitative estimate of drug-likeness (QED) is 0.880. The van der Waals surface area contributed by atoms with Crippen molar-refractivity contribution < 1.29 is 9.59 Å². The van der Waals surface area contributed by atoms with Crippen LogP contribution in [0.3, 0.4) is 0 Å². The lowest BCUT2D eigenvalue weighted by molar-refractivity contribution is -0.133. The summed E-state index contributed by atoms with van der Waals surface area (Å²) >= 11 is 0. The molecule has 0 bridgehead atoms. The molecule has 114 valence electrons. The van der Waals surface area contributed by atoms with Crippen molar-refractivity contribution in [3.8, 4) is 0 Å². The maximum atomic E-state index is 12.6. The molecule has 1 aromatic rings. The van der Waals surface area contributed by atoms with E-state index >= 15 is 0 Å². The van der Waals surface area contributed by atoms with E-state index in [9.17, 15) is 9.59 Å². The number of carbonyl (C=O) groups excluding carboxylic acids is 2. The second kappa shape index (κ2) is 7.11. The Balaban J connectivity index is 2.04. The Bertz CT molecular complexity index is 489. The van der Waals surface area contributed by atoms with E-state index in [-0.39, 0.29) is 5.91 Å². The van der Waals surface area contributed by atoms with Gasteiger partial charge in [-0.2, -0.15) is 0 Å². The molecule has 2 rings (SSSR count). The minimum Gasteiger partial charge on any atom is -0.352 e. The van der Waals surface area contributed by atoms with Gasteiger partial charge in [-0.25, -0.2) is 4.79 Å². The van der Waals surface area contributed by atoms with Crippen LogP contribution in [0.2, 0.25) is 0 Å². The SMILES string of the molecule is CCC[C@@H](NC(N)=O)C(=O)N1CCc2ccccc2CC1. The first kappa shape index (κ1) is 15.4. The fraction of sp³-hybridized carbons (Fsp3) is 0.500. The van der Waals surface area contributed by atoms with Gasteiger partial charge in [0.25, 0.3) is 0 Å². The molecule has 0 unspecified atom stereocenters. The van der Waals surface area contributed by atoms with Gasteiger partial charge in [-0.15, -0.1) is 0 Å². The molecular formula is C16H23N3O2. The molecule has 3 amide bonds. The van der Waals surface area contributed by atoms with Crippen LogP contribution in [0, 0.1) is 0 Å². The van der Waals surface area contributed by atoms with Crippen LogP contribution in [0.1, 0.15) is 30.9 Å². The molecule has 1 heterocycles. The highest BCUT2D eigenvalue weighted by atomic mass is 16.2. The topological polar surface area (TPSA) is 75.4 Å². The standard InChI is InChI=1S/C16H23N3O2/c1-2-5-14(18-16(17)21)15(20)19-10-8-12-6-3-4-7-13(12)9-11-19/h3-4,6-7,14H,2,5,8-11H2,1H3,(H3,17,18,21)/t14-/m1/s1. The Morgan fingerprint density at radius 3 is 2.29 bits per heavy atom. The fourth-order valence-corrected chi connectivity index (χ4v) is 2.83. The summed E-state index contributed by atoms with van der Waals surface area (Å²) in [5.74, 6) is -0.0246. The minimum absolute atomic E-state index is 0.0246. The van der Waals surface area contributed by atoms with E-state index in [1.54, 1.807) is 0 Å². The number of fused-ring (bicyclic) bond motifs is 1. The van der Waals surface area contributed by atoms with E-state index < -0.39 is 12.1 Å². The van der Waals surface area contributed by atoms with Gasteiger partial charge in [0.2, 0.25) is 5.91 Å². The summed E-state index contributed by atoms with van der Waals surface area (Å²) < 4.78 is 0. The third kappa shape index (κ3) is 3.97. The molecular weight excluding hydrogens is 266 g/mol. The number of primary amides is 1. The van der Waals surface area contributed by atoms with Crippen molar-refractivity contribution in [2.24, 2.45) is 5.73 Å². The molecule has 0 saturated heterocycles. The summed E-state index contributed by atoms with van der Waals surface area (Å²) in [6.45, 7) is 3.37. The number of urea groups is 1. The molecule has 0 radical (unpaired) electrons. The highest BCUT2D eigenvalue weighted by Crippen LogP contribution is 2.16. The van der Waals surface area contributed by atoms with Crippen LogP contribution >= 0.6 is 0 Å². The van der Waals surface area contributed by atoms with Gasteiger partial charge in [0.05, 0.1) is 0 Å². The van der Waals surface area contributed by atoms with Crippen molar-refractivity contribution in [2.75, 3.05) is 13.1 Å². The molecule has 3 N–H and O–H groups in total. The predicted molar refractivity (Wildman–Crippen MR) is 81.8 cm³/mol. The van der Waals surface area contributed by atoms with E-state index in [0.717, 1.165) is 19.3 Å². The molecule has 0 spiro atoms. The van der Waals surface area contributed by atoms with Crippen LogP contribution in [0.4, 0.5) is 4.79 Å². The molecule has 1 aliphatic heterocycles. The van der Waals surface area contributed by atoms with Crippen molar-refractivity contribution in [1.82, 2.24) is 10.2 Å². The van der Waals surface area contributed by atoms with Gasteiger partial charge in [-0.3, -0.25) is 4.79 Å². The largest absolute Gasteiger partial charge is 0.352 e. The van der Waals surface area contributed by atoms with E-state index in [4.69, 9.17) is 5.73 Å². The van der Waals surface area contributed by atoms with E-state index in [1.807, 2.05) is 24.0 Å². The van der Waals surface area contributed by atoms with Crippen molar-refractivity contribution in [1.29, 1.82) is 0 Å². The van der Waals surface area contributed by atoms with E-state index in [1.165, 1.54) is 11.1 Å². The van der Waals surface area contributed by atoms with Crippen LogP contribution in [0.15, 0.2) is 24.3 Å². The Morgan fingerprint density at radius 2 is 1.81 bits per heavy atom. The van der Waals surface area contributed by atoms with Gasteiger partial charge >= 0.3 is 6.03 Å². The monoisotopic (exact) mass is 289 g/mol. The molecule has 0 saturated carbocycles. The Morgan fingerprint density at radius 1 is 1.24 bits per heavy atom. The minimum atomic E-state index is -0.639. The summed E-state index contributed by atoms with van der Waals surface area (Å²) in [5, 5.41) is 2.57. The van der Waals surface area contributed by atoms with Gasteiger partial charge in [-0.1, -0.05) is 37.6 Å². The lowest BCUT2D eigenvalue weighted by atomic mass is 10.0. The molecule has 5 nitrogen and oxygen atoms in total. The first-order valence-electron chi connectivity index (χ1n) is 7.53. The van der Waals surface area contributed by atoms with Gasteiger partial charge in [0.1, 0.15) is 6.04 Å². The highest BCUT2D eigenvalue weighted by molar-refractivity contribution is 5.86. The third-order valence-electron chi connectivity index (χ3n) is 3.92. The van der Waals surface area contributed by atoms with Crippen molar-refractivity contribution in [3.05, 3.63) is 35.4 Å². The number of carbonyl (C=O) groups is 2. The van der Waals surface area contributed by atoms with Gasteiger partial charge in [-0.05, 0) is 30.4 Å². The molecule has 1 atom stereocenters. The van der Waals surface area contributed by atoms with Crippen LogP contribution in [0.25, 0.3) is 0 Å². The summed E-state index contributed by atoms with van der Waals surface area (Å²) in [4.78, 5) is 25.5. The smallest absolute Gasteiger partial charge is 0.312 e. The Hall–Kier alpha value is -2.04. The number of rotatable bonds is 4. The second-order valence-electron chi connectivity index (χ2n) is 5.44. The lowest BCUT2D eigenvalue weighted by Crippen LogP contribution is -2.50.